The zero-order valence-corrected chi connectivity index (χ0v) is 12.3. The molecular formula is C15H25NOS. The molecule has 1 fully saturated rings. The average molecular weight is 267 g/mol. The van der Waals surface area contributed by atoms with Crippen molar-refractivity contribution in [2.75, 3.05) is 6.61 Å². The molecule has 0 amide bonds. The fraction of sp³-hybridized carbons (Fsp3) is 0.733. The highest BCUT2D eigenvalue weighted by Gasteiger charge is 2.41. The summed E-state index contributed by atoms with van der Waals surface area (Å²) in [7, 11) is 0. The van der Waals surface area contributed by atoms with Crippen LogP contribution < -0.4 is 5.32 Å². The smallest absolute Gasteiger partial charge is 0.0616 e. The molecule has 1 heterocycles. The van der Waals surface area contributed by atoms with Gasteiger partial charge in [0.2, 0.25) is 0 Å². The minimum absolute atomic E-state index is 0.0591. The Morgan fingerprint density at radius 2 is 2.33 bits per heavy atom. The molecule has 2 N–H and O–H groups in total. The monoisotopic (exact) mass is 267 g/mol. The van der Waals surface area contributed by atoms with Gasteiger partial charge in [-0.2, -0.15) is 0 Å². The molecule has 0 spiro atoms. The van der Waals surface area contributed by atoms with E-state index in [1.165, 1.54) is 24.1 Å². The van der Waals surface area contributed by atoms with Crippen molar-refractivity contribution in [1.29, 1.82) is 0 Å². The zero-order chi connectivity index (χ0) is 13.0. The quantitative estimate of drug-likeness (QED) is 0.857. The second kappa shape index (κ2) is 6.18. The van der Waals surface area contributed by atoms with Crippen LogP contribution in [0.1, 0.15) is 44.4 Å². The zero-order valence-electron chi connectivity index (χ0n) is 11.5. The normalized spacial score (nSPS) is 28.8. The molecule has 1 aromatic rings. The number of thiophene rings is 1. The van der Waals surface area contributed by atoms with Crippen LogP contribution in [0.5, 0.6) is 0 Å². The van der Waals surface area contributed by atoms with Crippen LogP contribution >= 0.6 is 11.3 Å². The van der Waals surface area contributed by atoms with Gasteiger partial charge in [0, 0.05) is 17.0 Å². The molecule has 0 aliphatic heterocycles. The van der Waals surface area contributed by atoms with Gasteiger partial charge in [0.15, 0.2) is 0 Å². The van der Waals surface area contributed by atoms with Crippen molar-refractivity contribution in [2.24, 2.45) is 11.8 Å². The largest absolute Gasteiger partial charge is 0.394 e. The fourth-order valence-electron chi connectivity index (χ4n) is 3.39. The van der Waals surface area contributed by atoms with E-state index in [0.717, 1.165) is 13.0 Å². The Labute approximate surface area is 114 Å². The van der Waals surface area contributed by atoms with Crippen molar-refractivity contribution in [2.45, 2.75) is 51.6 Å². The molecule has 0 saturated heterocycles. The Bertz CT molecular complexity index is 349. The highest BCUT2D eigenvalue weighted by Crippen LogP contribution is 2.38. The maximum atomic E-state index is 9.93. The van der Waals surface area contributed by atoms with Crippen LogP contribution in [0.2, 0.25) is 0 Å². The number of aliphatic hydroxyl groups is 1. The fourth-order valence-corrected chi connectivity index (χ4v) is 4.03. The van der Waals surface area contributed by atoms with E-state index in [9.17, 15) is 5.11 Å². The van der Waals surface area contributed by atoms with Crippen molar-refractivity contribution in [1.82, 2.24) is 5.32 Å². The lowest BCUT2D eigenvalue weighted by molar-refractivity contribution is 0.0410. The van der Waals surface area contributed by atoms with Crippen LogP contribution in [-0.2, 0) is 6.54 Å². The van der Waals surface area contributed by atoms with E-state index in [-0.39, 0.29) is 12.1 Å². The lowest BCUT2D eigenvalue weighted by atomic mass is 9.68. The predicted molar refractivity (Wildman–Crippen MR) is 77.8 cm³/mol. The molecule has 2 rings (SSSR count). The summed E-state index contributed by atoms with van der Waals surface area (Å²) in [5.41, 5.74) is -0.0591. The molecule has 3 heteroatoms. The third-order valence-corrected chi connectivity index (χ3v) is 5.26. The number of rotatable bonds is 5. The minimum Gasteiger partial charge on any atom is -0.394 e. The summed E-state index contributed by atoms with van der Waals surface area (Å²) < 4.78 is 0. The highest BCUT2D eigenvalue weighted by molar-refractivity contribution is 7.09. The number of hydrogen-bond donors (Lipinski definition) is 2. The second-order valence-electron chi connectivity index (χ2n) is 5.84. The van der Waals surface area contributed by atoms with Crippen LogP contribution in [0.15, 0.2) is 17.5 Å². The van der Waals surface area contributed by atoms with Crippen molar-refractivity contribution >= 4 is 11.3 Å². The van der Waals surface area contributed by atoms with Gasteiger partial charge in [-0.15, -0.1) is 11.3 Å². The third kappa shape index (κ3) is 2.95. The number of nitrogens with one attached hydrogen (secondary N) is 1. The maximum Gasteiger partial charge on any atom is 0.0616 e. The van der Waals surface area contributed by atoms with E-state index < -0.39 is 0 Å². The molecule has 1 aromatic heterocycles. The van der Waals surface area contributed by atoms with Crippen LogP contribution in [0, 0.1) is 11.8 Å². The maximum absolute atomic E-state index is 9.93. The summed E-state index contributed by atoms with van der Waals surface area (Å²) in [6, 6.07) is 4.25. The van der Waals surface area contributed by atoms with Gasteiger partial charge < -0.3 is 10.4 Å². The lowest BCUT2D eigenvalue weighted by Gasteiger charge is -2.46. The summed E-state index contributed by atoms with van der Waals surface area (Å²) in [5.74, 6) is 1.23. The first-order chi connectivity index (χ1) is 8.68. The molecule has 2 atom stereocenters. The van der Waals surface area contributed by atoms with Gasteiger partial charge in [0.25, 0.3) is 0 Å². The van der Waals surface area contributed by atoms with E-state index >= 15 is 0 Å². The van der Waals surface area contributed by atoms with Gasteiger partial charge in [0.05, 0.1) is 6.61 Å². The Kier molecular flexibility index (Phi) is 4.82. The first kappa shape index (κ1) is 14.0. The van der Waals surface area contributed by atoms with Crippen molar-refractivity contribution in [3.05, 3.63) is 22.4 Å². The topological polar surface area (TPSA) is 32.3 Å². The average Bonchev–Trinajstić information content (AvgIpc) is 2.89. The Morgan fingerprint density at radius 3 is 2.94 bits per heavy atom. The van der Waals surface area contributed by atoms with Gasteiger partial charge in [-0.25, -0.2) is 0 Å². The number of hydrogen-bond acceptors (Lipinski definition) is 3. The standard InChI is InChI=1S/C15H25NOS/c1-12(2)14-7-3-4-8-15(14,11-17)16-10-13-6-5-9-18-13/h5-6,9,12,14,16-17H,3-4,7-8,10-11H2,1-2H3. The number of aliphatic hydroxyl groups excluding tert-OH is 1. The van der Waals surface area contributed by atoms with Gasteiger partial charge in [-0.3, -0.25) is 0 Å². The predicted octanol–water partition coefficient (Wildman–Crippen LogP) is 3.42. The van der Waals surface area contributed by atoms with Crippen molar-refractivity contribution in [3.63, 3.8) is 0 Å². The first-order valence-corrected chi connectivity index (χ1v) is 7.94. The molecular weight excluding hydrogens is 242 g/mol. The molecule has 18 heavy (non-hydrogen) atoms. The molecule has 0 aromatic carbocycles. The summed E-state index contributed by atoms with van der Waals surface area (Å²) in [4.78, 5) is 1.36. The lowest BCUT2D eigenvalue weighted by Crippen LogP contribution is -2.56. The molecule has 102 valence electrons. The molecule has 1 saturated carbocycles. The van der Waals surface area contributed by atoms with E-state index in [0.29, 0.717) is 11.8 Å². The van der Waals surface area contributed by atoms with Crippen LogP contribution in [0.25, 0.3) is 0 Å². The Balaban J connectivity index is 2.06. The Morgan fingerprint density at radius 1 is 1.50 bits per heavy atom. The van der Waals surface area contributed by atoms with E-state index in [1.54, 1.807) is 11.3 Å². The van der Waals surface area contributed by atoms with Gasteiger partial charge in [0.1, 0.15) is 0 Å². The van der Waals surface area contributed by atoms with Gasteiger partial charge in [-0.1, -0.05) is 32.8 Å². The minimum atomic E-state index is -0.0591. The van der Waals surface area contributed by atoms with Crippen LogP contribution in [-0.4, -0.2) is 17.3 Å². The summed E-state index contributed by atoms with van der Waals surface area (Å²) in [5, 5.41) is 15.7. The summed E-state index contributed by atoms with van der Waals surface area (Å²) in [6.45, 7) is 5.73. The van der Waals surface area contributed by atoms with E-state index in [1.807, 2.05) is 0 Å². The molecule has 1 aliphatic carbocycles. The van der Waals surface area contributed by atoms with Crippen molar-refractivity contribution < 1.29 is 5.11 Å². The van der Waals surface area contributed by atoms with Gasteiger partial charge in [-0.05, 0) is 36.1 Å². The third-order valence-electron chi connectivity index (χ3n) is 4.38. The van der Waals surface area contributed by atoms with Crippen LogP contribution in [0.4, 0.5) is 0 Å². The van der Waals surface area contributed by atoms with E-state index in [4.69, 9.17) is 0 Å². The molecule has 1 aliphatic rings. The SMILES string of the molecule is CC(C)C1CCCCC1(CO)NCc1cccs1. The molecule has 0 bridgehead atoms. The highest BCUT2D eigenvalue weighted by atomic mass is 32.1. The van der Waals surface area contributed by atoms with E-state index in [2.05, 4.69) is 36.7 Å². The van der Waals surface area contributed by atoms with Gasteiger partial charge >= 0.3 is 0 Å². The molecule has 2 unspecified atom stereocenters. The molecule has 0 radical (unpaired) electrons. The summed E-state index contributed by atoms with van der Waals surface area (Å²) >= 11 is 1.79. The second-order valence-corrected chi connectivity index (χ2v) is 6.88. The Hall–Kier alpha value is -0.380. The summed E-state index contributed by atoms with van der Waals surface area (Å²) in [6.07, 6.45) is 4.90. The van der Waals surface area contributed by atoms with Crippen molar-refractivity contribution in [3.8, 4) is 0 Å². The van der Waals surface area contributed by atoms with Crippen LogP contribution in [0.3, 0.4) is 0 Å². The molecule has 2 nitrogen and oxygen atoms in total. The first-order valence-electron chi connectivity index (χ1n) is 7.06.